The molecule has 7 nitrogen and oxygen atoms in total. The maximum absolute atomic E-state index is 11.6. The van der Waals surface area contributed by atoms with E-state index in [0.29, 0.717) is 26.4 Å². The molecule has 0 aromatic rings. The van der Waals surface area contributed by atoms with Gasteiger partial charge in [0.05, 0.1) is 26.4 Å². The molecular formula is C10H18FNO6. The number of hydrogen-bond donors (Lipinski definition) is 2. The molecule has 0 spiro atoms. The van der Waals surface area contributed by atoms with Crippen molar-refractivity contribution >= 4 is 11.9 Å². The lowest BCUT2D eigenvalue weighted by Crippen LogP contribution is -2.31. The Kier molecular flexibility index (Phi) is 11.4. The van der Waals surface area contributed by atoms with Gasteiger partial charge in [-0.3, -0.25) is 4.79 Å². The molecule has 0 unspecified atom stereocenters. The molecule has 2 N–H and O–H groups in total. The zero-order chi connectivity index (χ0) is 13.6. The Balaban J connectivity index is 3.17. The number of carbonyl (C=O) groups excluding carboxylic acids is 1. The number of carboxylic acid groups (broad SMARTS) is 1. The first kappa shape index (κ1) is 16.8. The van der Waals surface area contributed by atoms with Crippen molar-refractivity contribution in [1.29, 1.82) is 0 Å². The summed E-state index contributed by atoms with van der Waals surface area (Å²) in [6.45, 7) is -0.0534. The lowest BCUT2D eigenvalue weighted by atomic mass is 10.6. The normalized spacial score (nSPS) is 10.3. The van der Waals surface area contributed by atoms with Crippen LogP contribution in [-0.4, -0.2) is 69.8 Å². The zero-order valence-corrected chi connectivity index (χ0v) is 10.0. The third-order valence-corrected chi connectivity index (χ3v) is 1.62. The molecule has 0 bridgehead atoms. The molecule has 0 aromatic carbocycles. The van der Waals surface area contributed by atoms with Crippen LogP contribution in [0.25, 0.3) is 0 Å². The van der Waals surface area contributed by atoms with Crippen LogP contribution in [-0.2, 0) is 23.8 Å². The zero-order valence-electron chi connectivity index (χ0n) is 10.0. The average molecular weight is 267 g/mol. The molecule has 1 amide bonds. The summed E-state index contributed by atoms with van der Waals surface area (Å²) in [5, 5.41) is 10.7. The Morgan fingerprint density at radius 2 is 1.67 bits per heavy atom. The van der Waals surface area contributed by atoms with E-state index in [1.807, 2.05) is 0 Å². The molecule has 0 atom stereocenters. The topological polar surface area (TPSA) is 94.1 Å². The number of hydrogen-bond acceptors (Lipinski definition) is 5. The van der Waals surface area contributed by atoms with Crippen LogP contribution in [0.1, 0.15) is 0 Å². The first-order chi connectivity index (χ1) is 8.66. The second kappa shape index (κ2) is 12.2. The minimum Gasteiger partial charge on any atom is -0.480 e. The van der Waals surface area contributed by atoms with Crippen molar-refractivity contribution in [1.82, 2.24) is 5.32 Å². The van der Waals surface area contributed by atoms with E-state index in [-0.39, 0.29) is 13.2 Å². The number of carboxylic acids is 1. The van der Waals surface area contributed by atoms with E-state index < -0.39 is 25.2 Å². The maximum atomic E-state index is 11.6. The van der Waals surface area contributed by atoms with E-state index in [4.69, 9.17) is 14.6 Å². The lowest BCUT2D eigenvalue weighted by Gasteiger charge is -2.06. The van der Waals surface area contributed by atoms with Crippen molar-refractivity contribution in [3.05, 3.63) is 0 Å². The molecule has 0 aliphatic carbocycles. The van der Waals surface area contributed by atoms with E-state index in [0.717, 1.165) is 0 Å². The first-order valence-corrected chi connectivity index (χ1v) is 5.44. The van der Waals surface area contributed by atoms with Gasteiger partial charge in [0, 0.05) is 6.54 Å². The Morgan fingerprint density at radius 1 is 1.00 bits per heavy atom. The van der Waals surface area contributed by atoms with Gasteiger partial charge in [-0.2, -0.15) is 0 Å². The molecule has 18 heavy (non-hydrogen) atoms. The van der Waals surface area contributed by atoms with Gasteiger partial charge in [0.25, 0.3) is 0 Å². The van der Waals surface area contributed by atoms with Crippen molar-refractivity contribution in [2.75, 3.05) is 52.9 Å². The van der Waals surface area contributed by atoms with E-state index in [9.17, 15) is 14.0 Å². The molecule has 106 valence electrons. The van der Waals surface area contributed by atoms with Crippen molar-refractivity contribution in [3.8, 4) is 0 Å². The standard InChI is InChI=1S/C10H18FNO6/c11-1-3-16-5-6-17-4-2-12-9(13)7-18-8-10(14)15/h1-8H2,(H,12,13)(H,14,15). The summed E-state index contributed by atoms with van der Waals surface area (Å²) in [6.07, 6.45) is 0. The monoisotopic (exact) mass is 267 g/mol. The fourth-order valence-electron chi connectivity index (χ4n) is 0.921. The molecule has 0 saturated carbocycles. The van der Waals surface area contributed by atoms with Crippen LogP contribution >= 0.6 is 0 Å². The second-order valence-corrected chi connectivity index (χ2v) is 3.15. The fraction of sp³-hybridized carbons (Fsp3) is 0.800. The van der Waals surface area contributed by atoms with Gasteiger partial charge in [-0.05, 0) is 0 Å². The third-order valence-electron chi connectivity index (χ3n) is 1.62. The van der Waals surface area contributed by atoms with Gasteiger partial charge < -0.3 is 24.6 Å². The van der Waals surface area contributed by atoms with Gasteiger partial charge in [-0.15, -0.1) is 0 Å². The van der Waals surface area contributed by atoms with Gasteiger partial charge in [0.1, 0.15) is 19.9 Å². The Labute approximate surface area is 104 Å². The molecule has 0 saturated heterocycles. The molecule has 0 radical (unpaired) electrons. The average Bonchev–Trinajstić information content (AvgIpc) is 2.32. The minimum atomic E-state index is -1.13. The van der Waals surface area contributed by atoms with Crippen molar-refractivity contribution < 1.29 is 33.3 Å². The van der Waals surface area contributed by atoms with Crippen molar-refractivity contribution in [2.24, 2.45) is 0 Å². The van der Waals surface area contributed by atoms with Gasteiger partial charge in [0.2, 0.25) is 5.91 Å². The summed E-state index contributed by atoms with van der Waals surface area (Å²) < 4.78 is 26.1. The number of nitrogens with one attached hydrogen (secondary N) is 1. The number of alkyl halides is 1. The van der Waals surface area contributed by atoms with E-state index in [1.54, 1.807) is 0 Å². The lowest BCUT2D eigenvalue weighted by molar-refractivity contribution is -0.143. The Hall–Kier alpha value is -1.25. The second-order valence-electron chi connectivity index (χ2n) is 3.15. The summed E-state index contributed by atoms with van der Waals surface area (Å²) in [4.78, 5) is 21.1. The molecule has 0 heterocycles. The quantitative estimate of drug-likeness (QED) is 0.450. The van der Waals surface area contributed by atoms with E-state index in [1.165, 1.54) is 0 Å². The summed E-state index contributed by atoms with van der Waals surface area (Å²) in [7, 11) is 0. The highest BCUT2D eigenvalue weighted by atomic mass is 19.1. The molecule has 8 heteroatoms. The number of halogens is 1. The third kappa shape index (κ3) is 12.8. The van der Waals surface area contributed by atoms with Crippen LogP contribution < -0.4 is 5.32 Å². The predicted molar refractivity (Wildman–Crippen MR) is 59.1 cm³/mol. The minimum absolute atomic E-state index is 0.0566. The van der Waals surface area contributed by atoms with Crippen LogP contribution in [0.2, 0.25) is 0 Å². The highest BCUT2D eigenvalue weighted by Gasteiger charge is 2.02. The molecule has 0 aliphatic heterocycles. The molecular weight excluding hydrogens is 249 g/mol. The number of carbonyl (C=O) groups is 2. The van der Waals surface area contributed by atoms with Crippen LogP contribution in [0.15, 0.2) is 0 Å². The van der Waals surface area contributed by atoms with Crippen LogP contribution in [0.5, 0.6) is 0 Å². The number of amides is 1. The Morgan fingerprint density at radius 3 is 2.28 bits per heavy atom. The SMILES string of the molecule is O=C(O)COCC(=O)NCCOCCOCCF. The number of aliphatic carboxylic acids is 1. The van der Waals surface area contributed by atoms with Crippen LogP contribution in [0.3, 0.4) is 0 Å². The van der Waals surface area contributed by atoms with Gasteiger partial charge in [0.15, 0.2) is 0 Å². The van der Waals surface area contributed by atoms with Gasteiger partial charge >= 0.3 is 5.97 Å². The van der Waals surface area contributed by atoms with Crippen molar-refractivity contribution in [2.45, 2.75) is 0 Å². The first-order valence-electron chi connectivity index (χ1n) is 5.44. The smallest absolute Gasteiger partial charge is 0.329 e. The Bertz CT molecular complexity index is 238. The summed E-state index contributed by atoms with van der Waals surface area (Å²) in [5.41, 5.74) is 0. The van der Waals surface area contributed by atoms with Crippen LogP contribution in [0.4, 0.5) is 4.39 Å². The summed E-state index contributed by atoms with van der Waals surface area (Å²) in [6, 6.07) is 0. The van der Waals surface area contributed by atoms with Gasteiger partial charge in [-0.25, -0.2) is 9.18 Å². The molecule has 0 aromatic heterocycles. The van der Waals surface area contributed by atoms with Crippen LogP contribution in [0, 0.1) is 0 Å². The van der Waals surface area contributed by atoms with E-state index >= 15 is 0 Å². The molecule has 0 aliphatic rings. The maximum Gasteiger partial charge on any atom is 0.329 e. The fourth-order valence-corrected chi connectivity index (χ4v) is 0.921. The highest BCUT2D eigenvalue weighted by Crippen LogP contribution is 1.80. The predicted octanol–water partition coefficient (Wildman–Crippen LogP) is -0.793. The van der Waals surface area contributed by atoms with Gasteiger partial charge in [-0.1, -0.05) is 0 Å². The summed E-state index contributed by atoms with van der Waals surface area (Å²) in [5.74, 6) is -1.53. The van der Waals surface area contributed by atoms with Crippen molar-refractivity contribution in [3.63, 3.8) is 0 Å². The molecule has 0 rings (SSSR count). The molecule has 0 fully saturated rings. The number of ether oxygens (including phenoxy) is 3. The van der Waals surface area contributed by atoms with E-state index in [2.05, 4.69) is 10.1 Å². The largest absolute Gasteiger partial charge is 0.480 e. The highest BCUT2D eigenvalue weighted by molar-refractivity contribution is 5.77. The number of rotatable bonds is 12. The summed E-state index contributed by atoms with van der Waals surface area (Å²) >= 11 is 0.